The van der Waals surface area contributed by atoms with Gasteiger partial charge in [0.05, 0.1) is 12.8 Å². The average molecular weight is 506 g/mol. The van der Waals surface area contributed by atoms with Gasteiger partial charge in [-0.25, -0.2) is 0 Å². The van der Waals surface area contributed by atoms with E-state index in [2.05, 4.69) is 56.2 Å². The summed E-state index contributed by atoms with van der Waals surface area (Å²) in [6, 6.07) is 14.2. The van der Waals surface area contributed by atoms with Crippen LogP contribution in [0.4, 0.5) is 11.4 Å². The lowest BCUT2D eigenvalue weighted by Crippen LogP contribution is -2.53. The summed E-state index contributed by atoms with van der Waals surface area (Å²) in [6.07, 6.45) is 5.28. The van der Waals surface area contributed by atoms with Crippen molar-refractivity contribution in [2.24, 2.45) is 9.98 Å². The normalized spacial score (nSPS) is 21.0. The Labute approximate surface area is 217 Å². The number of carbonyl (C=O) groups excluding carboxylic acids is 1. The molecule has 2 aromatic carbocycles. The van der Waals surface area contributed by atoms with Crippen molar-refractivity contribution in [3.05, 3.63) is 71.0 Å². The molecule has 2 atom stereocenters. The molecule has 2 unspecified atom stereocenters. The number of aliphatic imine (C=N–C) groups is 2. The van der Waals surface area contributed by atoms with E-state index in [1.54, 1.807) is 12.4 Å². The third-order valence-electron chi connectivity index (χ3n) is 7.00. The van der Waals surface area contributed by atoms with Crippen molar-refractivity contribution in [1.82, 2.24) is 15.1 Å². The van der Waals surface area contributed by atoms with E-state index in [9.17, 15) is 4.79 Å². The molecule has 3 heterocycles. The molecule has 3 aliphatic rings. The Kier molecular flexibility index (Phi) is 6.98. The fourth-order valence-corrected chi connectivity index (χ4v) is 5.09. The molecule has 188 valence electrons. The van der Waals surface area contributed by atoms with Crippen molar-refractivity contribution >= 4 is 40.9 Å². The smallest absolute Gasteiger partial charge is 0.236 e. The van der Waals surface area contributed by atoms with Crippen LogP contribution in [0.25, 0.3) is 0 Å². The number of anilines is 2. The van der Waals surface area contributed by atoms with E-state index >= 15 is 0 Å². The summed E-state index contributed by atoms with van der Waals surface area (Å²) in [5, 5.41) is 4.22. The monoisotopic (exact) mass is 505 g/mol. The summed E-state index contributed by atoms with van der Waals surface area (Å²) in [4.78, 5) is 30.7. The van der Waals surface area contributed by atoms with Crippen LogP contribution in [0.15, 0.2) is 64.8 Å². The van der Waals surface area contributed by atoms with Crippen molar-refractivity contribution in [2.45, 2.75) is 19.1 Å². The number of nitrogens with zero attached hydrogens (tertiary/aromatic N) is 6. The third kappa shape index (κ3) is 4.96. The van der Waals surface area contributed by atoms with E-state index in [0.29, 0.717) is 13.1 Å². The third-order valence-corrected chi connectivity index (χ3v) is 7.23. The van der Waals surface area contributed by atoms with Gasteiger partial charge in [-0.15, -0.1) is 0 Å². The molecule has 36 heavy (non-hydrogen) atoms. The lowest BCUT2D eigenvalue weighted by Gasteiger charge is -2.37. The molecule has 0 saturated carbocycles. The lowest BCUT2D eigenvalue weighted by molar-refractivity contribution is -0.130. The summed E-state index contributed by atoms with van der Waals surface area (Å²) in [5.74, 6) is 0.900. The largest absolute Gasteiger partial charge is 0.378 e. The molecule has 0 bridgehead atoms. The van der Waals surface area contributed by atoms with Crippen LogP contribution < -0.4 is 15.1 Å². The number of piperazine rings is 1. The maximum Gasteiger partial charge on any atom is 0.236 e. The van der Waals surface area contributed by atoms with Crippen molar-refractivity contribution in [2.75, 3.05) is 56.6 Å². The van der Waals surface area contributed by atoms with Gasteiger partial charge in [0.25, 0.3) is 0 Å². The van der Waals surface area contributed by atoms with Gasteiger partial charge < -0.3 is 19.6 Å². The van der Waals surface area contributed by atoms with E-state index in [0.717, 1.165) is 40.9 Å². The molecule has 1 fully saturated rings. The van der Waals surface area contributed by atoms with Crippen LogP contribution in [0.1, 0.15) is 17.2 Å². The number of fused-ring (bicyclic) bond motifs is 1. The maximum absolute atomic E-state index is 13.2. The molecule has 0 radical (unpaired) electrons. The van der Waals surface area contributed by atoms with E-state index in [1.165, 1.54) is 5.56 Å². The summed E-state index contributed by atoms with van der Waals surface area (Å²) in [6.45, 7) is 5.29. The Hall–Kier alpha value is -3.36. The quantitative estimate of drug-likeness (QED) is 0.652. The average Bonchev–Trinajstić information content (AvgIpc) is 3.27. The first kappa shape index (κ1) is 24.3. The maximum atomic E-state index is 13.2. The summed E-state index contributed by atoms with van der Waals surface area (Å²) < 4.78 is 0. The van der Waals surface area contributed by atoms with Gasteiger partial charge in [-0.2, -0.15) is 0 Å². The Bertz CT molecular complexity index is 1200. The SMILES string of the molecule is Cc1ccc(Cl)cc1N1CCN(C(=O)CNC2C(c3ccc(N(C)C)cc3)N=C3C=NC=CN32)CC1. The highest BCUT2D eigenvalue weighted by molar-refractivity contribution is 6.31. The first-order chi connectivity index (χ1) is 17.4. The van der Waals surface area contributed by atoms with E-state index < -0.39 is 0 Å². The molecule has 5 rings (SSSR count). The molecule has 0 aliphatic carbocycles. The minimum Gasteiger partial charge on any atom is -0.378 e. The highest BCUT2D eigenvalue weighted by Gasteiger charge is 2.36. The van der Waals surface area contributed by atoms with Crippen molar-refractivity contribution in [3.63, 3.8) is 0 Å². The number of benzene rings is 2. The molecule has 8 nitrogen and oxygen atoms in total. The van der Waals surface area contributed by atoms with Crippen molar-refractivity contribution < 1.29 is 4.79 Å². The number of aryl methyl sites for hydroxylation is 1. The van der Waals surface area contributed by atoms with E-state index in [1.807, 2.05) is 43.4 Å². The van der Waals surface area contributed by atoms with Crippen LogP contribution in [0.3, 0.4) is 0 Å². The highest BCUT2D eigenvalue weighted by Crippen LogP contribution is 2.32. The molecular formula is C27H32ClN7O. The number of hydrogen-bond donors (Lipinski definition) is 1. The number of halogens is 1. The minimum atomic E-state index is -0.160. The van der Waals surface area contributed by atoms with Gasteiger partial charge in [-0.3, -0.25) is 20.1 Å². The van der Waals surface area contributed by atoms with Crippen molar-refractivity contribution in [1.29, 1.82) is 0 Å². The standard InChI is InChI=1S/C27H32ClN7O/c1-19-4-7-21(28)16-23(19)33-12-14-34(15-13-33)25(36)18-30-27-26(31-24-17-29-10-11-35(24)27)20-5-8-22(9-6-20)32(2)3/h4-11,16-17,26-27,30H,12-15,18H2,1-3H3. The van der Waals surface area contributed by atoms with Crippen LogP contribution in [0.2, 0.25) is 5.02 Å². The molecule has 2 aromatic rings. The van der Waals surface area contributed by atoms with Gasteiger partial charge in [-0.05, 0) is 42.3 Å². The molecule has 0 spiro atoms. The lowest BCUT2D eigenvalue weighted by atomic mass is 10.0. The Balaban J connectivity index is 1.23. The zero-order chi connectivity index (χ0) is 25.2. The zero-order valence-electron chi connectivity index (χ0n) is 20.9. The van der Waals surface area contributed by atoms with Gasteiger partial charge in [0.15, 0.2) is 0 Å². The van der Waals surface area contributed by atoms with Crippen LogP contribution in [0, 0.1) is 6.92 Å². The number of rotatable bonds is 6. The van der Waals surface area contributed by atoms with E-state index in [-0.39, 0.29) is 24.7 Å². The van der Waals surface area contributed by atoms with Crippen LogP contribution in [0.5, 0.6) is 0 Å². The fourth-order valence-electron chi connectivity index (χ4n) is 4.92. The predicted octanol–water partition coefficient (Wildman–Crippen LogP) is 3.29. The first-order valence-electron chi connectivity index (χ1n) is 12.3. The second-order valence-corrected chi connectivity index (χ2v) is 9.96. The van der Waals surface area contributed by atoms with Crippen LogP contribution in [-0.2, 0) is 4.79 Å². The fraction of sp³-hybridized carbons (Fsp3) is 0.370. The Morgan fingerprint density at radius 1 is 1.11 bits per heavy atom. The Morgan fingerprint density at radius 2 is 1.86 bits per heavy atom. The van der Waals surface area contributed by atoms with Gasteiger partial charge in [0.1, 0.15) is 18.0 Å². The molecule has 1 amide bonds. The molecule has 9 heteroatoms. The zero-order valence-corrected chi connectivity index (χ0v) is 21.7. The first-order valence-corrected chi connectivity index (χ1v) is 12.6. The number of carbonyl (C=O) groups is 1. The molecule has 3 aliphatic heterocycles. The van der Waals surface area contributed by atoms with Gasteiger partial charge in [0.2, 0.25) is 5.91 Å². The summed E-state index contributed by atoms with van der Waals surface area (Å²) >= 11 is 6.22. The molecular weight excluding hydrogens is 474 g/mol. The predicted molar refractivity (Wildman–Crippen MR) is 147 cm³/mol. The number of amidine groups is 1. The number of amides is 1. The van der Waals surface area contributed by atoms with Gasteiger partial charge in [-0.1, -0.05) is 29.8 Å². The second kappa shape index (κ2) is 10.3. The summed E-state index contributed by atoms with van der Waals surface area (Å²) in [7, 11) is 4.05. The van der Waals surface area contributed by atoms with Gasteiger partial charge >= 0.3 is 0 Å². The van der Waals surface area contributed by atoms with Crippen molar-refractivity contribution in [3.8, 4) is 0 Å². The molecule has 1 N–H and O–H groups in total. The molecule has 1 saturated heterocycles. The number of nitrogens with one attached hydrogen (secondary N) is 1. The van der Waals surface area contributed by atoms with Gasteiger partial charge in [0, 0.05) is 69.1 Å². The van der Waals surface area contributed by atoms with Crippen LogP contribution >= 0.6 is 11.6 Å². The minimum absolute atomic E-state index is 0.0993. The van der Waals surface area contributed by atoms with Crippen LogP contribution in [-0.4, -0.2) is 80.7 Å². The Morgan fingerprint density at radius 3 is 2.58 bits per heavy atom. The highest BCUT2D eigenvalue weighted by atomic mass is 35.5. The molecule has 0 aromatic heterocycles. The summed E-state index contributed by atoms with van der Waals surface area (Å²) in [5.41, 5.74) is 4.57. The van der Waals surface area contributed by atoms with E-state index in [4.69, 9.17) is 16.6 Å². The topological polar surface area (TPSA) is 66.8 Å². The number of hydrogen-bond acceptors (Lipinski definition) is 7. The second-order valence-electron chi connectivity index (χ2n) is 9.53.